The lowest BCUT2D eigenvalue weighted by atomic mass is 10.0. The molecule has 0 spiro atoms. The minimum atomic E-state index is -0.429. The van der Waals surface area contributed by atoms with Crippen molar-refractivity contribution in [2.45, 2.75) is 25.3 Å². The van der Waals surface area contributed by atoms with Gasteiger partial charge >= 0.3 is 0 Å². The molecule has 2 heterocycles. The maximum Gasteiger partial charge on any atom is 0.228 e. The van der Waals surface area contributed by atoms with Crippen LogP contribution in [-0.2, 0) is 9.59 Å². The summed E-state index contributed by atoms with van der Waals surface area (Å²) in [5.41, 5.74) is 1.48. The van der Waals surface area contributed by atoms with Crippen LogP contribution < -0.4 is 14.4 Å². The van der Waals surface area contributed by atoms with Gasteiger partial charge in [0.25, 0.3) is 0 Å². The maximum atomic E-state index is 13.6. The van der Waals surface area contributed by atoms with Gasteiger partial charge in [-0.1, -0.05) is 12.1 Å². The van der Waals surface area contributed by atoms with Gasteiger partial charge in [0.15, 0.2) is 11.5 Å². The normalized spacial score (nSPS) is 21.2. The summed E-state index contributed by atoms with van der Waals surface area (Å²) in [5, 5.41) is 0. The molecule has 2 aliphatic heterocycles. The summed E-state index contributed by atoms with van der Waals surface area (Å²) in [7, 11) is 3.18. The second-order valence-corrected chi connectivity index (χ2v) is 7.69. The fourth-order valence-corrected chi connectivity index (χ4v) is 4.44. The third-order valence-corrected chi connectivity index (χ3v) is 5.92. The highest BCUT2D eigenvalue weighted by molar-refractivity contribution is 6.00. The van der Waals surface area contributed by atoms with Crippen LogP contribution in [0.2, 0.25) is 0 Å². The van der Waals surface area contributed by atoms with Crippen LogP contribution in [0.5, 0.6) is 11.5 Å². The molecule has 0 aromatic heterocycles. The van der Waals surface area contributed by atoms with Crippen LogP contribution >= 0.6 is 0 Å². The van der Waals surface area contributed by atoms with E-state index < -0.39 is 11.7 Å². The van der Waals surface area contributed by atoms with E-state index in [-0.39, 0.29) is 30.8 Å². The largest absolute Gasteiger partial charge is 0.493 e. The van der Waals surface area contributed by atoms with E-state index in [4.69, 9.17) is 9.47 Å². The summed E-state index contributed by atoms with van der Waals surface area (Å²) in [4.78, 5) is 29.2. The van der Waals surface area contributed by atoms with Gasteiger partial charge in [-0.2, -0.15) is 0 Å². The minimum Gasteiger partial charge on any atom is -0.493 e. The van der Waals surface area contributed by atoms with Gasteiger partial charge in [-0.05, 0) is 48.7 Å². The average molecular weight is 412 g/mol. The molecule has 0 aliphatic carbocycles. The summed E-state index contributed by atoms with van der Waals surface area (Å²) in [5.74, 6) is 0.261. The molecule has 0 N–H and O–H groups in total. The quantitative estimate of drug-likeness (QED) is 0.754. The summed E-state index contributed by atoms with van der Waals surface area (Å²) in [6, 6.07) is 11.6. The number of amides is 2. The number of carbonyl (C=O) groups excluding carboxylic acids is 2. The van der Waals surface area contributed by atoms with Crippen molar-refractivity contribution in [1.29, 1.82) is 0 Å². The third kappa shape index (κ3) is 3.72. The predicted molar refractivity (Wildman–Crippen MR) is 110 cm³/mol. The number of nitrogens with zero attached hydrogens (tertiary/aromatic N) is 2. The summed E-state index contributed by atoms with van der Waals surface area (Å²) < 4.78 is 24.3. The van der Waals surface area contributed by atoms with Crippen LogP contribution in [0.15, 0.2) is 42.5 Å². The SMILES string of the molecule is COc1ccc([C@@H]2CCCN2C(=O)[C@@H]2CC(=O)N(c3cccc(F)c3)C2)cc1OC. The second kappa shape index (κ2) is 8.34. The van der Waals surface area contributed by atoms with E-state index in [0.29, 0.717) is 23.7 Å². The van der Waals surface area contributed by atoms with Gasteiger partial charge in [0.05, 0.1) is 26.2 Å². The van der Waals surface area contributed by atoms with Gasteiger partial charge < -0.3 is 19.3 Å². The number of rotatable bonds is 5. The molecule has 0 saturated carbocycles. The van der Waals surface area contributed by atoms with Crippen LogP contribution in [0.25, 0.3) is 0 Å². The van der Waals surface area contributed by atoms with Crippen molar-refractivity contribution >= 4 is 17.5 Å². The fraction of sp³-hybridized carbons (Fsp3) is 0.391. The van der Waals surface area contributed by atoms with Crippen molar-refractivity contribution in [3.05, 3.63) is 53.8 Å². The van der Waals surface area contributed by atoms with Crippen LogP contribution in [0, 0.1) is 11.7 Å². The maximum absolute atomic E-state index is 13.6. The second-order valence-electron chi connectivity index (χ2n) is 7.69. The molecule has 2 aromatic rings. The highest BCUT2D eigenvalue weighted by Crippen LogP contribution is 2.38. The molecule has 7 heteroatoms. The van der Waals surface area contributed by atoms with Gasteiger partial charge in [-0.15, -0.1) is 0 Å². The van der Waals surface area contributed by atoms with Crippen molar-refractivity contribution in [2.75, 3.05) is 32.2 Å². The molecule has 4 rings (SSSR count). The Balaban J connectivity index is 1.52. The Bertz CT molecular complexity index is 964. The molecule has 158 valence electrons. The number of benzene rings is 2. The Morgan fingerprint density at radius 1 is 1.10 bits per heavy atom. The first-order valence-corrected chi connectivity index (χ1v) is 10.1. The molecule has 2 fully saturated rings. The number of hydrogen-bond acceptors (Lipinski definition) is 4. The molecule has 0 unspecified atom stereocenters. The van der Waals surface area contributed by atoms with E-state index in [2.05, 4.69) is 0 Å². The third-order valence-electron chi connectivity index (χ3n) is 5.92. The van der Waals surface area contributed by atoms with E-state index in [1.54, 1.807) is 26.4 Å². The lowest BCUT2D eigenvalue weighted by Gasteiger charge is -2.28. The lowest BCUT2D eigenvalue weighted by molar-refractivity contribution is -0.136. The number of likely N-dealkylation sites (tertiary alicyclic amines) is 1. The van der Waals surface area contributed by atoms with Crippen molar-refractivity contribution in [3.63, 3.8) is 0 Å². The van der Waals surface area contributed by atoms with Crippen LogP contribution in [0.4, 0.5) is 10.1 Å². The van der Waals surface area contributed by atoms with Crippen LogP contribution in [-0.4, -0.2) is 44.0 Å². The number of hydrogen-bond donors (Lipinski definition) is 0. The molecular weight excluding hydrogens is 387 g/mol. The predicted octanol–water partition coefficient (Wildman–Crippen LogP) is 3.56. The first-order chi connectivity index (χ1) is 14.5. The number of anilines is 1. The molecular formula is C23H25FN2O4. The van der Waals surface area contributed by atoms with E-state index in [9.17, 15) is 14.0 Å². The Hall–Kier alpha value is -3.09. The van der Waals surface area contributed by atoms with Crippen molar-refractivity contribution < 1.29 is 23.5 Å². The highest BCUT2D eigenvalue weighted by Gasteiger charge is 2.40. The zero-order valence-corrected chi connectivity index (χ0v) is 17.1. The number of methoxy groups -OCH3 is 2. The minimum absolute atomic E-state index is 0.0282. The first-order valence-electron chi connectivity index (χ1n) is 10.1. The average Bonchev–Trinajstić information content (AvgIpc) is 3.39. The number of carbonyl (C=O) groups is 2. The Kier molecular flexibility index (Phi) is 5.61. The zero-order valence-electron chi connectivity index (χ0n) is 17.1. The Morgan fingerprint density at radius 3 is 2.63 bits per heavy atom. The standard InChI is InChI=1S/C23H25FN2O4/c1-29-20-9-8-15(11-21(20)30-2)19-7-4-10-25(19)23(28)16-12-22(27)26(14-16)18-6-3-5-17(24)13-18/h3,5-6,8-9,11,13,16,19H,4,7,10,12,14H2,1-2H3/t16-,19+/m1/s1. The molecule has 2 aromatic carbocycles. The van der Waals surface area contributed by atoms with Crippen LogP contribution in [0.1, 0.15) is 30.9 Å². The number of halogens is 1. The van der Waals surface area contributed by atoms with E-state index in [1.807, 2.05) is 23.1 Å². The number of ether oxygens (including phenoxy) is 2. The first kappa shape index (κ1) is 20.2. The Morgan fingerprint density at radius 2 is 1.90 bits per heavy atom. The molecule has 0 radical (unpaired) electrons. The van der Waals surface area contributed by atoms with Gasteiger partial charge in [0, 0.05) is 25.2 Å². The molecule has 30 heavy (non-hydrogen) atoms. The fourth-order valence-electron chi connectivity index (χ4n) is 4.44. The molecule has 2 aliphatic rings. The van der Waals surface area contributed by atoms with Gasteiger partial charge in [-0.3, -0.25) is 9.59 Å². The van der Waals surface area contributed by atoms with E-state index >= 15 is 0 Å². The van der Waals surface area contributed by atoms with Crippen LogP contribution in [0.3, 0.4) is 0 Å². The smallest absolute Gasteiger partial charge is 0.228 e. The highest BCUT2D eigenvalue weighted by atomic mass is 19.1. The van der Waals surface area contributed by atoms with Crippen molar-refractivity contribution in [3.8, 4) is 11.5 Å². The van der Waals surface area contributed by atoms with Gasteiger partial charge in [0.2, 0.25) is 11.8 Å². The lowest BCUT2D eigenvalue weighted by Crippen LogP contribution is -2.37. The van der Waals surface area contributed by atoms with Crippen molar-refractivity contribution in [1.82, 2.24) is 4.90 Å². The molecule has 6 nitrogen and oxygen atoms in total. The van der Waals surface area contributed by atoms with Crippen molar-refractivity contribution in [2.24, 2.45) is 5.92 Å². The topological polar surface area (TPSA) is 59.1 Å². The monoisotopic (exact) mass is 412 g/mol. The molecule has 2 atom stereocenters. The van der Waals surface area contributed by atoms with Gasteiger partial charge in [-0.25, -0.2) is 4.39 Å². The summed E-state index contributed by atoms with van der Waals surface area (Å²) in [6.45, 7) is 0.929. The van der Waals surface area contributed by atoms with Gasteiger partial charge in [0.1, 0.15) is 5.82 Å². The molecule has 0 bridgehead atoms. The zero-order chi connectivity index (χ0) is 21.3. The molecule has 2 amide bonds. The Labute approximate surface area is 175 Å². The summed E-state index contributed by atoms with van der Waals surface area (Å²) in [6.07, 6.45) is 1.90. The van der Waals surface area contributed by atoms with E-state index in [1.165, 1.54) is 17.0 Å². The summed E-state index contributed by atoms with van der Waals surface area (Å²) >= 11 is 0. The van der Waals surface area contributed by atoms with E-state index in [0.717, 1.165) is 18.4 Å². The molecule has 2 saturated heterocycles.